The number of methoxy groups -OCH3 is 1. The third kappa shape index (κ3) is 3.88. The number of ether oxygens (including phenoxy) is 1. The molecule has 0 spiro atoms. The van der Waals surface area contributed by atoms with Gasteiger partial charge in [-0.1, -0.05) is 25.3 Å². The van der Waals surface area contributed by atoms with Crippen LogP contribution in [0.4, 0.5) is 13.2 Å². The molecular formula is C15H20F3NO. The Balaban J connectivity index is 2.04. The topological polar surface area (TPSA) is 21.3 Å². The quantitative estimate of drug-likeness (QED) is 0.898. The smallest absolute Gasteiger partial charge is 0.419 e. The lowest BCUT2D eigenvalue weighted by atomic mass is 9.95. The van der Waals surface area contributed by atoms with Crippen LogP contribution in [0.1, 0.15) is 43.2 Å². The fourth-order valence-corrected chi connectivity index (χ4v) is 2.66. The molecule has 0 atom stereocenters. The van der Waals surface area contributed by atoms with Crippen LogP contribution < -0.4 is 10.1 Å². The number of nitrogens with one attached hydrogen (secondary N) is 1. The summed E-state index contributed by atoms with van der Waals surface area (Å²) in [6.45, 7) is 0.470. The molecule has 0 amide bonds. The molecule has 0 aromatic heterocycles. The van der Waals surface area contributed by atoms with Crippen LogP contribution in [0.2, 0.25) is 0 Å². The van der Waals surface area contributed by atoms with Crippen molar-refractivity contribution in [1.82, 2.24) is 5.32 Å². The van der Waals surface area contributed by atoms with Crippen LogP contribution in [0.15, 0.2) is 18.2 Å². The summed E-state index contributed by atoms with van der Waals surface area (Å²) in [5.41, 5.74) is -0.0633. The molecule has 0 heterocycles. The van der Waals surface area contributed by atoms with E-state index in [0.717, 1.165) is 12.8 Å². The molecule has 0 unspecified atom stereocenters. The van der Waals surface area contributed by atoms with Gasteiger partial charge in [-0.05, 0) is 30.5 Å². The molecule has 112 valence electrons. The second-order valence-corrected chi connectivity index (χ2v) is 5.25. The Morgan fingerprint density at radius 1 is 1.20 bits per heavy atom. The maximum Gasteiger partial charge on any atom is 0.419 e. The van der Waals surface area contributed by atoms with Gasteiger partial charge in [0.2, 0.25) is 0 Å². The van der Waals surface area contributed by atoms with Gasteiger partial charge in [0.25, 0.3) is 0 Å². The summed E-state index contributed by atoms with van der Waals surface area (Å²) in [6, 6.07) is 4.68. The minimum Gasteiger partial charge on any atom is -0.496 e. The fourth-order valence-electron chi connectivity index (χ4n) is 2.66. The first-order chi connectivity index (χ1) is 9.50. The van der Waals surface area contributed by atoms with Crippen molar-refractivity contribution in [2.75, 3.05) is 7.11 Å². The average Bonchev–Trinajstić information content (AvgIpc) is 2.45. The fraction of sp³-hybridized carbons (Fsp3) is 0.600. The maximum atomic E-state index is 12.9. The van der Waals surface area contributed by atoms with E-state index in [9.17, 15) is 13.2 Å². The molecule has 0 aliphatic heterocycles. The molecule has 1 aromatic rings. The van der Waals surface area contributed by atoms with Crippen molar-refractivity contribution in [2.24, 2.45) is 0 Å². The third-order valence-electron chi connectivity index (χ3n) is 3.77. The molecule has 1 aliphatic rings. The van der Waals surface area contributed by atoms with Crippen molar-refractivity contribution >= 4 is 0 Å². The van der Waals surface area contributed by atoms with Crippen LogP contribution in [0, 0.1) is 0 Å². The van der Waals surface area contributed by atoms with E-state index >= 15 is 0 Å². The van der Waals surface area contributed by atoms with Gasteiger partial charge in [-0.25, -0.2) is 0 Å². The Bertz CT molecular complexity index is 439. The average molecular weight is 287 g/mol. The zero-order valence-corrected chi connectivity index (χ0v) is 11.6. The van der Waals surface area contributed by atoms with Crippen LogP contribution in [-0.2, 0) is 12.7 Å². The number of benzene rings is 1. The van der Waals surface area contributed by atoms with Gasteiger partial charge in [0.1, 0.15) is 5.75 Å². The van der Waals surface area contributed by atoms with Crippen molar-refractivity contribution in [3.63, 3.8) is 0 Å². The lowest BCUT2D eigenvalue weighted by Crippen LogP contribution is -2.30. The van der Waals surface area contributed by atoms with E-state index in [1.807, 2.05) is 0 Å². The Morgan fingerprint density at radius 3 is 2.50 bits per heavy atom. The Kier molecular flexibility index (Phi) is 4.91. The first-order valence-corrected chi connectivity index (χ1v) is 6.98. The SMILES string of the molecule is COc1ccc(CNC2CCCCC2)cc1C(F)(F)F. The molecule has 1 aromatic carbocycles. The monoisotopic (exact) mass is 287 g/mol. The molecule has 20 heavy (non-hydrogen) atoms. The molecule has 2 nitrogen and oxygen atoms in total. The van der Waals surface area contributed by atoms with Crippen LogP contribution in [-0.4, -0.2) is 13.2 Å². The van der Waals surface area contributed by atoms with E-state index in [2.05, 4.69) is 5.32 Å². The molecule has 2 rings (SSSR count). The molecule has 0 radical (unpaired) electrons. The number of rotatable bonds is 4. The molecule has 5 heteroatoms. The van der Waals surface area contributed by atoms with Gasteiger partial charge in [-0.15, -0.1) is 0 Å². The summed E-state index contributed by atoms with van der Waals surface area (Å²) in [7, 11) is 1.25. The summed E-state index contributed by atoms with van der Waals surface area (Å²) in [4.78, 5) is 0. The number of alkyl halides is 3. The van der Waals surface area contributed by atoms with Gasteiger partial charge in [-0.3, -0.25) is 0 Å². The number of hydrogen-bond acceptors (Lipinski definition) is 2. The molecule has 1 saturated carbocycles. The highest BCUT2D eigenvalue weighted by Crippen LogP contribution is 2.36. The summed E-state index contributed by atoms with van der Waals surface area (Å²) >= 11 is 0. The van der Waals surface area contributed by atoms with Crippen LogP contribution >= 0.6 is 0 Å². The highest BCUT2D eigenvalue weighted by molar-refractivity contribution is 5.39. The van der Waals surface area contributed by atoms with E-state index in [-0.39, 0.29) is 5.75 Å². The van der Waals surface area contributed by atoms with Gasteiger partial charge in [0.05, 0.1) is 12.7 Å². The first-order valence-electron chi connectivity index (χ1n) is 6.98. The van der Waals surface area contributed by atoms with E-state index in [0.29, 0.717) is 18.2 Å². The molecular weight excluding hydrogens is 267 g/mol. The molecule has 1 N–H and O–H groups in total. The Labute approximate surface area is 117 Å². The van der Waals surface area contributed by atoms with E-state index < -0.39 is 11.7 Å². The molecule has 0 bridgehead atoms. The summed E-state index contributed by atoms with van der Waals surface area (Å²) in [6.07, 6.45) is 1.51. The Morgan fingerprint density at radius 2 is 1.90 bits per heavy atom. The van der Waals surface area contributed by atoms with Gasteiger partial charge in [-0.2, -0.15) is 13.2 Å². The highest BCUT2D eigenvalue weighted by atomic mass is 19.4. The predicted octanol–water partition coefficient (Wildman–Crippen LogP) is 4.14. The Hall–Kier alpha value is -1.23. The minimum atomic E-state index is -4.38. The zero-order chi connectivity index (χ0) is 14.6. The molecule has 0 saturated heterocycles. The van der Waals surface area contributed by atoms with Crippen molar-refractivity contribution in [3.05, 3.63) is 29.3 Å². The van der Waals surface area contributed by atoms with Crippen molar-refractivity contribution < 1.29 is 17.9 Å². The predicted molar refractivity (Wildman–Crippen MR) is 71.7 cm³/mol. The van der Waals surface area contributed by atoms with Crippen LogP contribution in [0.5, 0.6) is 5.75 Å². The molecule has 1 fully saturated rings. The van der Waals surface area contributed by atoms with Crippen molar-refractivity contribution in [3.8, 4) is 5.75 Å². The lowest BCUT2D eigenvalue weighted by molar-refractivity contribution is -0.138. The summed E-state index contributed by atoms with van der Waals surface area (Å²) < 4.78 is 43.5. The summed E-state index contributed by atoms with van der Waals surface area (Å²) in [5.74, 6) is -0.126. The van der Waals surface area contributed by atoms with Gasteiger partial charge in [0.15, 0.2) is 0 Å². The van der Waals surface area contributed by atoms with E-state index in [1.54, 1.807) is 6.07 Å². The normalized spacial score (nSPS) is 17.2. The molecule has 1 aliphatic carbocycles. The maximum absolute atomic E-state index is 12.9. The van der Waals surface area contributed by atoms with E-state index in [4.69, 9.17) is 4.74 Å². The summed E-state index contributed by atoms with van der Waals surface area (Å²) in [5, 5.41) is 3.35. The zero-order valence-electron chi connectivity index (χ0n) is 11.6. The van der Waals surface area contributed by atoms with Gasteiger partial charge in [0, 0.05) is 12.6 Å². The van der Waals surface area contributed by atoms with Crippen LogP contribution in [0.25, 0.3) is 0 Å². The van der Waals surface area contributed by atoms with Gasteiger partial charge >= 0.3 is 6.18 Å². The second kappa shape index (κ2) is 6.48. The standard InChI is InChI=1S/C15H20F3NO/c1-20-14-8-7-11(9-13(14)15(16,17)18)10-19-12-5-3-2-4-6-12/h7-9,12,19H,2-6,10H2,1H3. The second-order valence-electron chi connectivity index (χ2n) is 5.25. The van der Waals surface area contributed by atoms with E-state index in [1.165, 1.54) is 38.5 Å². The third-order valence-corrected chi connectivity index (χ3v) is 3.77. The van der Waals surface area contributed by atoms with Crippen molar-refractivity contribution in [2.45, 2.75) is 50.9 Å². The van der Waals surface area contributed by atoms with Crippen molar-refractivity contribution in [1.29, 1.82) is 0 Å². The highest BCUT2D eigenvalue weighted by Gasteiger charge is 2.34. The number of hydrogen-bond donors (Lipinski definition) is 1. The lowest BCUT2D eigenvalue weighted by Gasteiger charge is -2.23. The minimum absolute atomic E-state index is 0.126. The largest absolute Gasteiger partial charge is 0.496 e. The van der Waals surface area contributed by atoms with Gasteiger partial charge < -0.3 is 10.1 Å². The number of halogens is 3. The first kappa shape index (κ1) is 15.2. The van der Waals surface area contributed by atoms with Crippen LogP contribution in [0.3, 0.4) is 0 Å².